The van der Waals surface area contributed by atoms with Crippen LogP contribution in [0.4, 0.5) is 0 Å². The third kappa shape index (κ3) is 3.55. The van der Waals surface area contributed by atoms with E-state index in [9.17, 15) is 8.42 Å². The van der Waals surface area contributed by atoms with E-state index in [1.807, 2.05) is 20.8 Å². The second kappa shape index (κ2) is 4.16. The first-order valence-electron chi connectivity index (χ1n) is 4.42. The van der Waals surface area contributed by atoms with Gasteiger partial charge in [-0.2, -0.15) is 0 Å². The fourth-order valence-corrected chi connectivity index (χ4v) is 4.99. The molecule has 0 saturated heterocycles. The summed E-state index contributed by atoms with van der Waals surface area (Å²) >= 11 is 4.70. The lowest BCUT2D eigenvalue weighted by atomic mass is 10.1. The third-order valence-electron chi connectivity index (χ3n) is 1.57. The van der Waals surface area contributed by atoms with Crippen molar-refractivity contribution in [3.8, 4) is 0 Å². The smallest absolute Gasteiger partial charge is 0.207 e. The van der Waals surface area contributed by atoms with Crippen molar-refractivity contribution in [1.29, 1.82) is 0 Å². The van der Waals surface area contributed by atoms with Crippen LogP contribution in [0.2, 0.25) is 0 Å². The van der Waals surface area contributed by atoms with Gasteiger partial charge in [-0.25, -0.2) is 13.1 Å². The molecule has 15 heavy (non-hydrogen) atoms. The molecule has 0 fully saturated rings. The predicted octanol–water partition coefficient (Wildman–Crippen LogP) is 2.90. The summed E-state index contributed by atoms with van der Waals surface area (Å²) in [5.74, 6) is 0. The molecule has 1 aromatic heterocycles. The Morgan fingerprint density at radius 1 is 1.40 bits per heavy atom. The van der Waals surface area contributed by atoms with Gasteiger partial charge in [-0.05, 0) is 49.7 Å². The number of nitrogens with one attached hydrogen (secondary N) is 1. The number of aryl methyl sites for hydroxylation is 1. The zero-order valence-electron chi connectivity index (χ0n) is 9.09. The Morgan fingerprint density at radius 2 is 1.93 bits per heavy atom. The van der Waals surface area contributed by atoms with Crippen molar-refractivity contribution in [2.45, 2.75) is 38.1 Å². The monoisotopic (exact) mass is 311 g/mol. The fraction of sp³-hybridized carbons (Fsp3) is 0.556. The van der Waals surface area contributed by atoms with E-state index >= 15 is 0 Å². The fourth-order valence-electron chi connectivity index (χ4n) is 1.16. The van der Waals surface area contributed by atoms with Gasteiger partial charge in [0.05, 0.1) is 8.68 Å². The molecule has 0 aliphatic heterocycles. The zero-order chi connectivity index (χ0) is 11.9. The largest absolute Gasteiger partial charge is 0.242 e. The Hall–Kier alpha value is 0.0900. The van der Waals surface area contributed by atoms with Crippen molar-refractivity contribution in [1.82, 2.24) is 4.72 Å². The van der Waals surface area contributed by atoms with Crippen molar-refractivity contribution < 1.29 is 8.42 Å². The van der Waals surface area contributed by atoms with E-state index in [2.05, 4.69) is 20.7 Å². The number of sulfonamides is 1. The van der Waals surface area contributed by atoms with Crippen molar-refractivity contribution >= 4 is 37.3 Å². The average Bonchev–Trinajstić information content (AvgIpc) is 2.24. The van der Waals surface area contributed by atoms with Gasteiger partial charge in [-0.3, -0.25) is 0 Å². The summed E-state index contributed by atoms with van der Waals surface area (Å²) in [5.41, 5.74) is -0.459. The highest BCUT2D eigenvalue weighted by molar-refractivity contribution is 9.11. The lowest BCUT2D eigenvalue weighted by Gasteiger charge is -2.20. The molecule has 3 nitrogen and oxygen atoms in total. The summed E-state index contributed by atoms with van der Waals surface area (Å²) in [7, 11) is -3.40. The van der Waals surface area contributed by atoms with Gasteiger partial charge in [0.1, 0.15) is 0 Å². The van der Waals surface area contributed by atoms with Crippen molar-refractivity contribution in [2.75, 3.05) is 0 Å². The Morgan fingerprint density at radius 3 is 2.27 bits per heavy atom. The van der Waals surface area contributed by atoms with Gasteiger partial charge >= 0.3 is 0 Å². The molecule has 0 radical (unpaired) electrons. The molecule has 0 aliphatic carbocycles. The first-order chi connectivity index (χ1) is 6.62. The predicted molar refractivity (Wildman–Crippen MR) is 66.8 cm³/mol. The van der Waals surface area contributed by atoms with Crippen LogP contribution in [-0.4, -0.2) is 14.0 Å². The Kier molecular flexibility index (Phi) is 3.65. The van der Waals surface area contributed by atoms with Gasteiger partial charge in [0.15, 0.2) is 0 Å². The van der Waals surface area contributed by atoms with Crippen LogP contribution >= 0.6 is 27.3 Å². The summed E-state index contributed by atoms with van der Waals surface area (Å²) in [6, 6.07) is 1.63. The molecule has 0 atom stereocenters. The minimum absolute atomic E-state index is 0.356. The molecule has 1 N–H and O–H groups in total. The van der Waals surface area contributed by atoms with E-state index in [0.29, 0.717) is 4.90 Å². The van der Waals surface area contributed by atoms with Gasteiger partial charge in [0.25, 0.3) is 0 Å². The molecule has 0 saturated carbocycles. The number of halogens is 1. The SMILES string of the molecule is Cc1sc(Br)cc1S(=O)(=O)NC(C)(C)C. The molecule has 6 heteroatoms. The van der Waals surface area contributed by atoms with Crippen molar-refractivity contribution in [2.24, 2.45) is 0 Å². The highest BCUT2D eigenvalue weighted by atomic mass is 79.9. The van der Waals surface area contributed by atoms with Crippen molar-refractivity contribution in [3.63, 3.8) is 0 Å². The van der Waals surface area contributed by atoms with Crippen molar-refractivity contribution in [3.05, 3.63) is 14.7 Å². The van der Waals surface area contributed by atoms with Crippen LogP contribution in [-0.2, 0) is 10.0 Å². The van der Waals surface area contributed by atoms with Crippen LogP contribution in [0.15, 0.2) is 14.7 Å². The number of thiophene rings is 1. The number of rotatable bonds is 2. The maximum Gasteiger partial charge on any atom is 0.242 e. The van der Waals surface area contributed by atoms with E-state index in [0.717, 1.165) is 8.66 Å². The summed E-state index contributed by atoms with van der Waals surface area (Å²) in [5, 5.41) is 0. The Labute approximate surface area is 103 Å². The summed E-state index contributed by atoms with van der Waals surface area (Å²) in [6.07, 6.45) is 0. The van der Waals surface area contributed by atoms with Crippen LogP contribution in [0.25, 0.3) is 0 Å². The molecule has 1 aromatic rings. The summed E-state index contributed by atoms with van der Waals surface area (Å²) < 4.78 is 27.4. The molecular weight excluding hydrogens is 298 g/mol. The summed E-state index contributed by atoms with van der Waals surface area (Å²) in [6.45, 7) is 7.26. The van der Waals surface area contributed by atoms with Gasteiger partial charge in [-0.1, -0.05) is 0 Å². The molecule has 1 heterocycles. The second-order valence-electron chi connectivity index (χ2n) is 4.33. The van der Waals surface area contributed by atoms with Crippen LogP contribution in [0, 0.1) is 6.92 Å². The van der Waals surface area contributed by atoms with E-state index < -0.39 is 15.6 Å². The van der Waals surface area contributed by atoms with Gasteiger partial charge in [-0.15, -0.1) is 11.3 Å². The van der Waals surface area contributed by atoms with Gasteiger partial charge in [0.2, 0.25) is 10.0 Å². The first-order valence-corrected chi connectivity index (χ1v) is 7.51. The minimum atomic E-state index is -3.40. The molecule has 86 valence electrons. The summed E-state index contributed by atoms with van der Waals surface area (Å²) in [4.78, 5) is 1.15. The Balaban J connectivity index is 3.13. The zero-order valence-corrected chi connectivity index (χ0v) is 12.3. The van der Waals surface area contributed by atoms with Crippen LogP contribution in [0.3, 0.4) is 0 Å². The van der Waals surface area contributed by atoms with Crippen LogP contribution in [0.1, 0.15) is 25.6 Å². The Bertz CT molecular complexity index is 457. The van der Waals surface area contributed by atoms with E-state index in [1.54, 1.807) is 13.0 Å². The maximum absolute atomic E-state index is 12.0. The number of hydrogen-bond acceptors (Lipinski definition) is 3. The maximum atomic E-state index is 12.0. The molecule has 0 aliphatic rings. The molecule has 0 unspecified atom stereocenters. The molecule has 1 rings (SSSR count). The molecule has 0 spiro atoms. The van der Waals surface area contributed by atoms with E-state index in [4.69, 9.17) is 0 Å². The minimum Gasteiger partial charge on any atom is -0.207 e. The lowest BCUT2D eigenvalue weighted by molar-refractivity contribution is 0.491. The standard InChI is InChI=1S/C9H14BrNO2S2/c1-6-7(5-8(10)14-6)15(12,13)11-9(2,3)4/h5,11H,1-4H3. The molecule has 0 amide bonds. The number of hydrogen-bond donors (Lipinski definition) is 1. The molecule has 0 aromatic carbocycles. The van der Waals surface area contributed by atoms with Crippen LogP contribution in [0.5, 0.6) is 0 Å². The lowest BCUT2D eigenvalue weighted by Crippen LogP contribution is -2.40. The highest BCUT2D eigenvalue weighted by Gasteiger charge is 2.24. The van der Waals surface area contributed by atoms with Gasteiger partial charge in [0, 0.05) is 10.4 Å². The second-order valence-corrected chi connectivity index (χ2v) is 8.61. The third-order valence-corrected chi connectivity index (χ3v) is 5.14. The van der Waals surface area contributed by atoms with E-state index in [-0.39, 0.29) is 0 Å². The molecular formula is C9H14BrNO2S2. The first kappa shape index (κ1) is 13.2. The quantitative estimate of drug-likeness (QED) is 0.913. The topological polar surface area (TPSA) is 46.2 Å². The average molecular weight is 312 g/mol. The van der Waals surface area contributed by atoms with Crippen LogP contribution < -0.4 is 4.72 Å². The highest BCUT2D eigenvalue weighted by Crippen LogP contribution is 2.30. The normalized spacial score (nSPS) is 13.1. The van der Waals surface area contributed by atoms with E-state index in [1.165, 1.54) is 11.3 Å². The van der Waals surface area contributed by atoms with Gasteiger partial charge < -0.3 is 0 Å². The molecule has 0 bridgehead atoms.